The van der Waals surface area contributed by atoms with Crippen LogP contribution in [0.15, 0.2) is 22.5 Å². The van der Waals surface area contributed by atoms with E-state index in [2.05, 4.69) is 22.4 Å². The molecule has 4 nitrogen and oxygen atoms in total. The van der Waals surface area contributed by atoms with Crippen molar-refractivity contribution in [1.82, 2.24) is 10.2 Å². The van der Waals surface area contributed by atoms with Crippen molar-refractivity contribution in [2.45, 2.75) is 55.5 Å². The highest BCUT2D eigenvalue weighted by atomic mass is 35.5. The minimum atomic E-state index is 0.00804. The summed E-state index contributed by atoms with van der Waals surface area (Å²) in [5.41, 5.74) is 1.06. The van der Waals surface area contributed by atoms with Crippen molar-refractivity contribution in [1.29, 1.82) is 0 Å². The van der Waals surface area contributed by atoms with Crippen molar-refractivity contribution in [3.63, 3.8) is 0 Å². The number of amides is 1. The average molecular weight is 418 g/mol. The van der Waals surface area contributed by atoms with Crippen LogP contribution in [-0.2, 0) is 10.5 Å². The third-order valence-electron chi connectivity index (χ3n) is 3.51. The molecule has 136 valence electrons. The molecule has 0 spiro atoms. The van der Waals surface area contributed by atoms with Crippen molar-refractivity contribution >= 4 is 57.3 Å². The minimum absolute atomic E-state index is 0.00804. The number of halogens is 2. The van der Waals surface area contributed by atoms with Crippen LogP contribution in [0, 0.1) is 0 Å². The molecule has 25 heavy (non-hydrogen) atoms. The summed E-state index contributed by atoms with van der Waals surface area (Å²) in [7, 11) is 0. The van der Waals surface area contributed by atoms with Crippen LogP contribution in [0.1, 0.15) is 51.0 Å². The third kappa shape index (κ3) is 7.52. The van der Waals surface area contributed by atoms with E-state index in [0.717, 1.165) is 28.5 Å². The van der Waals surface area contributed by atoms with Gasteiger partial charge in [-0.2, -0.15) is 0 Å². The molecule has 1 N–H and O–H groups in total. The second-order valence-electron chi connectivity index (χ2n) is 5.62. The summed E-state index contributed by atoms with van der Waals surface area (Å²) in [4.78, 5) is 11.9. The van der Waals surface area contributed by atoms with E-state index < -0.39 is 0 Å². The van der Waals surface area contributed by atoms with Gasteiger partial charge in [0.1, 0.15) is 0 Å². The van der Waals surface area contributed by atoms with Crippen LogP contribution in [0.4, 0.5) is 5.13 Å². The fourth-order valence-electron chi connectivity index (χ4n) is 2.16. The van der Waals surface area contributed by atoms with Gasteiger partial charge in [0.05, 0.1) is 10.0 Å². The molecular formula is C17H21Cl2N3OS2. The molecule has 1 heterocycles. The van der Waals surface area contributed by atoms with Crippen molar-refractivity contribution < 1.29 is 4.79 Å². The lowest BCUT2D eigenvalue weighted by molar-refractivity contribution is -0.116. The maximum atomic E-state index is 11.9. The van der Waals surface area contributed by atoms with Crippen LogP contribution in [0.3, 0.4) is 0 Å². The fraction of sp³-hybridized carbons (Fsp3) is 0.471. The zero-order valence-electron chi connectivity index (χ0n) is 14.1. The van der Waals surface area contributed by atoms with Crippen LogP contribution in [-0.4, -0.2) is 16.1 Å². The van der Waals surface area contributed by atoms with Crippen LogP contribution in [0.2, 0.25) is 10.0 Å². The molecule has 0 atom stereocenters. The topological polar surface area (TPSA) is 54.9 Å². The van der Waals surface area contributed by atoms with Gasteiger partial charge in [-0.25, -0.2) is 0 Å². The molecule has 0 aliphatic heterocycles. The van der Waals surface area contributed by atoms with Crippen LogP contribution < -0.4 is 5.32 Å². The van der Waals surface area contributed by atoms with Gasteiger partial charge >= 0.3 is 0 Å². The SMILES string of the molecule is CCCCCCCC(=O)Nc1nnc(SCc2ccc(Cl)c(Cl)c2)s1. The number of carbonyl (C=O) groups excluding carboxylic acids is 1. The normalized spacial score (nSPS) is 10.8. The van der Waals surface area contributed by atoms with Crippen molar-refractivity contribution in [2.75, 3.05) is 5.32 Å². The van der Waals surface area contributed by atoms with E-state index in [1.165, 1.54) is 30.6 Å². The first-order chi connectivity index (χ1) is 12.1. The van der Waals surface area contributed by atoms with Gasteiger partial charge in [-0.1, -0.05) is 85.0 Å². The standard InChI is InChI=1S/C17H21Cl2N3OS2/c1-2-3-4-5-6-7-15(23)20-16-21-22-17(25-16)24-11-12-8-9-13(18)14(19)10-12/h8-10H,2-7,11H2,1H3,(H,20,21,23). The molecule has 2 rings (SSSR count). The second-order valence-corrected chi connectivity index (χ2v) is 8.64. The molecule has 0 bridgehead atoms. The monoisotopic (exact) mass is 417 g/mol. The number of hydrogen-bond donors (Lipinski definition) is 1. The smallest absolute Gasteiger partial charge is 0.226 e. The molecule has 0 fully saturated rings. The molecule has 0 saturated carbocycles. The first-order valence-corrected chi connectivity index (χ1v) is 10.8. The van der Waals surface area contributed by atoms with Crippen LogP contribution in [0.25, 0.3) is 0 Å². The summed E-state index contributed by atoms with van der Waals surface area (Å²) in [6, 6.07) is 5.56. The first kappa shape index (κ1) is 20.5. The van der Waals surface area contributed by atoms with E-state index in [1.54, 1.807) is 17.8 Å². The number of thioether (sulfide) groups is 1. The van der Waals surface area contributed by atoms with E-state index >= 15 is 0 Å². The summed E-state index contributed by atoms with van der Waals surface area (Å²) in [6.07, 6.45) is 6.19. The van der Waals surface area contributed by atoms with Gasteiger partial charge in [0.15, 0.2) is 4.34 Å². The summed E-state index contributed by atoms with van der Waals surface area (Å²) < 4.78 is 0.810. The predicted molar refractivity (Wildman–Crippen MR) is 108 cm³/mol. The number of nitrogens with one attached hydrogen (secondary N) is 1. The van der Waals surface area contributed by atoms with Crippen LogP contribution in [0.5, 0.6) is 0 Å². The van der Waals surface area contributed by atoms with E-state index in [1.807, 2.05) is 12.1 Å². The molecule has 8 heteroatoms. The quantitative estimate of drug-likeness (QED) is 0.274. The number of nitrogens with zero attached hydrogens (tertiary/aromatic N) is 2. The van der Waals surface area contributed by atoms with E-state index in [4.69, 9.17) is 23.2 Å². The zero-order chi connectivity index (χ0) is 18.1. The Morgan fingerprint density at radius 2 is 1.96 bits per heavy atom. The predicted octanol–water partition coefficient (Wildman–Crippen LogP) is 6.44. The molecule has 0 unspecified atom stereocenters. The lowest BCUT2D eigenvalue weighted by atomic mass is 10.1. The largest absolute Gasteiger partial charge is 0.301 e. The Bertz CT molecular complexity index is 694. The van der Waals surface area contributed by atoms with Gasteiger partial charge in [-0.3, -0.25) is 4.79 Å². The summed E-state index contributed by atoms with van der Waals surface area (Å²) in [5, 5.41) is 12.6. The Labute approximate surface area is 166 Å². The average Bonchev–Trinajstić information content (AvgIpc) is 3.03. The summed E-state index contributed by atoms with van der Waals surface area (Å²) in [5.74, 6) is 0.727. The van der Waals surface area contributed by atoms with Crippen molar-refractivity contribution in [3.05, 3.63) is 33.8 Å². The van der Waals surface area contributed by atoms with E-state index in [-0.39, 0.29) is 5.91 Å². The maximum absolute atomic E-state index is 11.9. The van der Waals surface area contributed by atoms with Gasteiger partial charge in [-0.05, 0) is 24.1 Å². The van der Waals surface area contributed by atoms with Gasteiger partial charge in [0, 0.05) is 12.2 Å². The number of carbonyl (C=O) groups is 1. The molecule has 0 aliphatic carbocycles. The Morgan fingerprint density at radius 1 is 1.16 bits per heavy atom. The first-order valence-electron chi connectivity index (χ1n) is 8.28. The van der Waals surface area contributed by atoms with Gasteiger partial charge in [-0.15, -0.1) is 10.2 Å². The van der Waals surface area contributed by atoms with E-state index in [0.29, 0.717) is 21.6 Å². The lowest BCUT2D eigenvalue weighted by Gasteiger charge is -2.01. The third-order valence-corrected chi connectivity index (χ3v) is 6.29. The van der Waals surface area contributed by atoms with Gasteiger partial charge in [0.2, 0.25) is 11.0 Å². The number of unbranched alkanes of at least 4 members (excludes halogenated alkanes) is 4. The summed E-state index contributed by atoms with van der Waals surface area (Å²) in [6.45, 7) is 2.18. The molecule has 0 radical (unpaired) electrons. The maximum Gasteiger partial charge on any atom is 0.226 e. The number of anilines is 1. The molecular weight excluding hydrogens is 397 g/mol. The Hall–Kier alpha value is -0.820. The molecule has 1 amide bonds. The highest BCUT2D eigenvalue weighted by molar-refractivity contribution is 8.00. The Morgan fingerprint density at radius 3 is 2.72 bits per heavy atom. The van der Waals surface area contributed by atoms with Gasteiger partial charge < -0.3 is 5.32 Å². The highest BCUT2D eigenvalue weighted by Gasteiger charge is 2.09. The number of aromatic nitrogens is 2. The van der Waals surface area contributed by atoms with E-state index in [9.17, 15) is 4.79 Å². The van der Waals surface area contributed by atoms with Gasteiger partial charge in [0.25, 0.3) is 0 Å². The summed E-state index contributed by atoms with van der Waals surface area (Å²) >= 11 is 14.9. The molecule has 0 aliphatic rings. The second kappa shape index (κ2) is 11.0. The Kier molecular flexibility index (Phi) is 9.03. The highest BCUT2D eigenvalue weighted by Crippen LogP contribution is 2.30. The number of benzene rings is 1. The molecule has 2 aromatic rings. The molecule has 0 saturated heterocycles. The van der Waals surface area contributed by atoms with Crippen molar-refractivity contribution in [3.8, 4) is 0 Å². The zero-order valence-corrected chi connectivity index (χ0v) is 17.2. The lowest BCUT2D eigenvalue weighted by Crippen LogP contribution is -2.10. The number of hydrogen-bond acceptors (Lipinski definition) is 5. The molecule has 1 aromatic carbocycles. The van der Waals surface area contributed by atoms with Crippen LogP contribution >= 0.6 is 46.3 Å². The fourth-order valence-corrected chi connectivity index (χ4v) is 4.20. The number of rotatable bonds is 10. The minimum Gasteiger partial charge on any atom is -0.301 e. The molecule has 1 aromatic heterocycles. The Balaban J connectivity index is 1.73. The van der Waals surface area contributed by atoms with Crippen molar-refractivity contribution in [2.24, 2.45) is 0 Å².